The SMILES string of the molecule is C=CCOc1ccccc1C(=C(c1ccccc1OCC=C)c1ccccc1OCC=C)c1ccccc1OCC=C. The van der Waals surface area contributed by atoms with Gasteiger partial charge in [0.05, 0.1) is 0 Å². The third-order valence-electron chi connectivity index (χ3n) is 6.30. The first-order chi connectivity index (χ1) is 20.7. The molecule has 4 aromatic rings. The smallest absolute Gasteiger partial charge is 0.127 e. The molecule has 0 aliphatic rings. The van der Waals surface area contributed by atoms with Crippen molar-refractivity contribution in [3.05, 3.63) is 170 Å². The molecule has 4 heteroatoms. The first-order valence-electron chi connectivity index (χ1n) is 13.8. The molecule has 0 unspecified atom stereocenters. The van der Waals surface area contributed by atoms with Crippen molar-refractivity contribution in [1.29, 1.82) is 0 Å². The van der Waals surface area contributed by atoms with Crippen molar-refractivity contribution in [3.63, 3.8) is 0 Å². The van der Waals surface area contributed by atoms with Crippen LogP contribution in [0.1, 0.15) is 22.3 Å². The van der Waals surface area contributed by atoms with Crippen LogP contribution in [0.15, 0.2) is 148 Å². The van der Waals surface area contributed by atoms with Crippen LogP contribution in [-0.4, -0.2) is 26.4 Å². The Morgan fingerprint density at radius 3 is 0.810 bits per heavy atom. The Bertz CT molecular complexity index is 1330. The zero-order chi connectivity index (χ0) is 29.6. The predicted octanol–water partition coefficient (Wildman–Crippen LogP) is 8.95. The van der Waals surface area contributed by atoms with Crippen LogP contribution in [0.4, 0.5) is 0 Å². The number of hydrogen-bond donors (Lipinski definition) is 0. The van der Waals surface area contributed by atoms with E-state index in [-0.39, 0.29) is 0 Å². The van der Waals surface area contributed by atoms with Crippen molar-refractivity contribution < 1.29 is 18.9 Å². The Kier molecular flexibility index (Phi) is 11.0. The lowest BCUT2D eigenvalue weighted by atomic mass is 9.84. The highest BCUT2D eigenvalue weighted by Gasteiger charge is 2.25. The largest absolute Gasteiger partial charge is 0.489 e. The van der Waals surface area contributed by atoms with Crippen molar-refractivity contribution in [2.24, 2.45) is 0 Å². The molecule has 0 aliphatic carbocycles. The topological polar surface area (TPSA) is 36.9 Å². The van der Waals surface area contributed by atoms with E-state index in [0.717, 1.165) is 33.4 Å². The van der Waals surface area contributed by atoms with Crippen LogP contribution in [-0.2, 0) is 0 Å². The standard InChI is InChI=1S/C38H36O4/c1-5-25-39-33-21-13-9-17-29(33)37(30-18-10-14-22-34(30)40-26-6-2)38(31-19-11-15-23-35(31)41-27-7-3)32-20-12-16-24-36(32)42-28-8-4/h5-24H,1-4,25-28H2. The van der Waals surface area contributed by atoms with Crippen molar-refractivity contribution >= 4 is 11.1 Å². The lowest BCUT2D eigenvalue weighted by molar-refractivity contribution is 0.359. The molecule has 0 spiro atoms. The molecule has 0 saturated heterocycles. The van der Waals surface area contributed by atoms with Gasteiger partial charge in [0.1, 0.15) is 49.4 Å². The fourth-order valence-corrected chi connectivity index (χ4v) is 4.62. The van der Waals surface area contributed by atoms with E-state index < -0.39 is 0 Å². The third-order valence-corrected chi connectivity index (χ3v) is 6.30. The summed E-state index contributed by atoms with van der Waals surface area (Å²) < 4.78 is 24.9. The molecule has 0 atom stereocenters. The Morgan fingerprint density at radius 1 is 0.381 bits per heavy atom. The van der Waals surface area contributed by atoms with E-state index in [1.54, 1.807) is 24.3 Å². The summed E-state index contributed by atoms with van der Waals surface area (Å²) in [5.41, 5.74) is 5.28. The first-order valence-corrected chi connectivity index (χ1v) is 13.8. The molecule has 0 aromatic heterocycles. The highest BCUT2D eigenvalue weighted by molar-refractivity contribution is 6.08. The van der Waals surface area contributed by atoms with Gasteiger partial charge in [-0.05, 0) is 24.3 Å². The zero-order valence-corrected chi connectivity index (χ0v) is 23.8. The number of hydrogen-bond acceptors (Lipinski definition) is 4. The fraction of sp³-hybridized carbons (Fsp3) is 0.105. The van der Waals surface area contributed by atoms with Gasteiger partial charge in [0.2, 0.25) is 0 Å². The summed E-state index contributed by atoms with van der Waals surface area (Å²) in [5, 5.41) is 0. The van der Waals surface area contributed by atoms with Gasteiger partial charge in [-0.2, -0.15) is 0 Å². The van der Waals surface area contributed by atoms with Crippen LogP contribution in [0, 0.1) is 0 Å². The summed E-state index contributed by atoms with van der Waals surface area (Å²) in [6.45, 7) is 16.8. The van der Waals surface area contributed by atoms with Gasteiger partial charge in [0.25, 0.3) is 0 Å². The van der Waals surface area contributed by atoms with Crippen LogP contribution in [0.3, 0.4) is 0 Å². The fourth-order valence-electron chi connectivity index (χ4n) is 4.62. The monoisotopic (exact) mass is 556 g/mol. The molecule has 0 aliphatic heterocycles. The number of benzene rings is 4. The van der Waals surface area contributed by atoms with Crippen molar-refractivity contribution in [2.75, 3.05) is 26.4 Å². The molecule has 0 bridgehead atoms. The van der Waals surface area contributed by atoms with Crippen LogP contribution in [0.5, 0.6) is 23.0 Å². The van der Waals surface area contributed by atoms with Crippen LogP contribution >= 0.6 is 0 Å². The van der Waals surface area contributed by atoms with Crippen LogP contribution < -0.4 is 18.9 Å². The maximum atomic E-state index is 6.22. The molecule has 0 fully saturated rings. The van der Waals surface area contributed by atoms with Crippen LogP contribution in [0.25, 0.3) is 11.1 Å². The molecule has 4 nitrogen and oxygen atoms in total. The van der Waals surface area contributed by atoms with Gasteiger partial charge in [0, 0.05) is 33.4 Å². The molecule has 42 heavy (non-hydrogen) atoms. The molecule has 0 N–H and O–H groups in total. The molecule has 4 aromatic carbocycles. The summed E-state index contributed by atoms with van der Waals surface area (Å²) in [5.74, 6) is 2.82. The molecule has 0 radical (unpaired) electrons. The van der Waals surface area contributed by atoms with Gasteiger partial charge in [0.15, 0.2) is 0 Å². The minimum atomic E-state index is 0.353. The average molecular weight is 557 g/mol. The second kappa shape index (κ2) is 15.5. The molecular formula is C38H36O4. The quantitative estimate of drug-likeness (QED) is 0.102. The average Bonchev–Trinajstić information content (AvgIpc) is 3.04. The minimum absolute atomic E-state index is 0.353. The van der Waals surface area contributed by atoms with Gasteiger partial charge >= 0.3 is 0 Å². The van der Waals surface area contributed by atoms with E-state index in [4.69, 9.17) is 18.9 Å². The Labute approximate surface area is 249 Å². The Morgan fingerprint density at radius 2 is 0.595 bits per heavy atom. The summed E-state index contributed by atoms with van der Waals surface area (Å²) >= 11 is 0. The normalized spacial score (nSPS) is 10.2. The first kappa shape index (κ1) is 29.8. The maximum Gasteiger partial charge on any atom is 0.127 e. The Balaban J connectivity index is 2.21. The van der Waals surface area contributed by atoms with Crippen molar-refractivity contribution in [1.82, 2.24) is 0 Å². The highest BCUT2D eigenvalue weighted by Crippen LogP contribution is 2.47. The second-order valence-corrected chi connectivity index (χ2v) is 9.13. The number of para-hydroxylation sites is 4. The summed E-state index contributed by atoms with van der Waals surface area (Å²) in [6.07, 6.45) is 6.94. The number of rotatable bonds is 16. The predicted molar refractivity (Wildman–Crippen MR) is 174 cm³/mol. The Hall–Kier alpha value is -5.22. The number of ether oxygens (including phenoxy) is 4. The molecule has 0 saturated carbocycles. The lowest BCUT2D eigenvalue weighted by Crippen LogP contribution is -2.06. The van der Waals surface area contributed by atoms with Crippen molar-refractivity contribution in [2.45, 2.75) is 0 Å². The molecular weight excluding hydrogens is 520 g/mol. The van der Waals surface area contributed by atoms with Gasteiger partial charge in [-0.3, -0.25) is 0 Å². The summed E-state index contributed by atoms with van der Waals surface area (Å²) in [6, 6.07) is 31.9. The molecule has 0 heterocycles. The van der Waals surface area contributed by atoms with E-state index >= 15 is 0 Å². The van der Waals surface area contributed by atoms with E-state index in [9.17, 15) is 0 Å². The van der Waals surface area contributed by atoms with Crippen molar-refractivity contribution in [3.8, 4) is 23.0 Å². The lowest BCUT2D eigenvalue weighted by Gasteiger charge is -2.24. The van der Waals surface area contributed by atoms with E-state index in [1.165, 1.54) is 0 Å². The zero-order valence-electron chi connectivity index (χ0n) is 23.8. The van der Waals surface area contributed by atoms with Gasteiger partial charge in [-0.1, -0.05) is 123 Å². The summed E-state index contributed by atoms with van der Waals surface area (Å²) in [7, 11) is 0. The van der Waals surface area contributed by atoms with Crippen LogP contribution in [0.2, 0.25) is 0 Å². The maximum absolute atomic E-state index is 6.22. The minimum Gasteiger partial charge on any atom is -0.489 e. The van der Waals surface area contributed by atoms with Gasteiger partial charge < -0.3 is 18.9 Å². The molecule has 4 rings (SSSR count). The van der Waals surface area contributed by atoms with E-state index in [2.05, 4.69) is 50.6 Å². The van der Waals surface area contributed by atoms with Gasteiger partial charge in [-0.15, -0.1) is 0 Å². The molecule has 212 valence electrons. The van der Waals surface area contributed by atoms with Gasteiger partial charge in [-0.25, -0.2) is 0 Å². The third kappa shape index (κ3) is 7.10. The second-order valence-electron chi connectivity index (χ2n) is 9.13. The summed E-state index contributed by atoms with van der Waals surface area (Å²) in [4.78, 5) is 0. The molecule has 0 amide bonds. The van der Waals surface area contributed by atoms with E-state index in [1.807, 2.05) is 72.8 Å². The van der Waals surface area contributed by atoms with E-state index in [0.29, 0.717) is 49.4 Å². The highest BCUT2D eigenvalue weighted by atomic mass is 16.5.